The van der Waals surface area contributed by atoms with Crippen LogP contribution >= 0.6 is 11.6 Å². The van der Waals surface area contributed by atoms with Crippen LogP contribution in [0.5, 0.6) is 0 Å². The maximum Gasteiger partial charge on any atom is 0.418 e. The van der Waals surface area contributed by atoms with E-state index in [1.807, 2.05) is 0 Å². The fraction of sp³-hybridized carbons (Fsp3) is 0.533. The van der Waals surface area contributed by atoms with Gasteiger partial charge in [0.1, 0.15) is 5.60 Å². The van der Waals surface area contributed by atoms with Gasteiger partial charge in [0.25, 0.3) is 0 Å². The number of benzene rings is 1. The second-order valence-corrected chi connectivity index (χ2v) is 6.50. The van der Waals surface area contributed by atoms with Gasteiger partial charge in [-0.05, 0) is 39.8 Å². The largest absolute Gasteiger partial charge is 0.444 e. The average molecular weight is 353 g/mol. The SMILES string of the molecule is CC(CNC(=O)OC(C)(C)C)Nc1c(Cl)cccc1C(F)(F)F. The Morgan fingerprint density at radius 3 is 2.43 bits per heavy atom. The first kappa shape index (κ1) is 19.4. The van der Waals surface area contributed by atoms with Crippen molar-refractivity contribution in [1.82, 2.24) is 5.32 Å². The highest BCUT2D eigenvalue weighted by atomic mass is 35.5. The van der Waals surface area contributed by atoms with E-state index in [-0.39, 0.29) is 17.3 Å². The van der Waals surface area contributed by atoms with Gasteiger partial charge in [0.05, 0.1) is 16.3 Å². The number of carbonyl (C=O) groups excluding carboxylic acids is 1. The summed E-state index contributed by atoms with van der Waals surface area (Å²) in [6.07, 6.45) is -5.16. The quantitative estimate of drug-likeness (QED) is 0.827. The number of halogens is 4. The average Bonchev–Trinajstić information content (AvgIpc) is 2.35. The van der Waals surface area contributed by atoms with Crippen molar-refractivity contribution in [3.63, 3.8) is 0 Å². The van der Waals surface area contributed by atoms with E-state index in [9.17, 15) is 18.0 Å². The highest BCUT2D eigenvalue weighted by molar-refractivity contribution is 6.33. The molecule has 0 saturated carbocycles. The first-order valence-corrected chi connectivity index (χ1v) is 7.37. The molecule has 0 aliphatic carbocycles. The number of nitrogens with one attached hydrogen (secondary N) is 2. The maximum absolute atomic E-state index is 13.0. The van der Waals surface area contributed by atoms with Crippen molar-refractivity contribution in [2.45, 2.75) is 45.5 Å². The van der Waals surface area contributed by atoms with Crippen LogP contribution in [0.15, 0.2) is 18.2 Å². The number of anilines is 1. The van der Waals surface area contributed by atoms with E-state index in [1.54, 1.807) is 27.7 Å². The van der Waals surface area contributed by atoms with E-state index in [2.05, 4.69) is 10.6 Å². The summed E-state index contributed by atoms with van der Waals surface area (Å²) < 4.78 is 44.0. The minimum Gasteiger partial charge on any atom is -0.444 e. The molecule has 1 rings (SSSR count). The number of ether oxygens (including phenoxy) is 1. The summed E-state index contributed by atoms with van der Waals surface area (Å²) in [7, 11) is 0. The summed E-state index contributed by atoms with van der Waals surface area (Å²) in [5.41, 5.74) is -1.71. The molecular formula is C15H20ClF3N2O2. The molecule has 2 N–H and O–H groups in total. The minimum atomic E-state index is -4.52. The molecule has 0 saturated heterocycles. The Hall–Kier alpha value is -1.63. The molecule has 1 atom stereocenters. The third-order valence-corrected chi connectivity index (χ3v) is 2.98. The van der Waals surface area contributed by atoms with Gasteiger partial charge in [-0.15, -0.1) is 0 Å². The molecule has 0 fully saturated rings. The lowest BCUT2D eigenvalue weighted by atomic mass is 10.1. The van der Waals surface area contributed by atoms with Crippen molar-refractivity contribution in [2.24, 2.45) is 0 Å². The monoisotopic (exact) mass is 352 g/mol. The Bertz CT molecular complexity index is 557. The highest BCUT2D eigenvalue weighted by Gasteiger charge is 2.34. The molecule has 1 amide bonds. The van der Waals surface area contributed by atoms with Crippen LogP contribution in [0.1, 0.15) is 33.3 Å². The molecule has 1 unspecified atom stereocenters. The molecule has 0 bridgehead atoms. The number of hydrogen-bond acceptors (Lipinski definition) is 3. The Labute approximate surface area is 138 Å². The molecule has 23 heavy (non-hydrogen) atoms. The predicted octanol–water partition coefficient (Wildman–Crippen LogP) is 4.68. The zero-order valence-electron chi connectivity index (χ0n) is 13.3. The second kappa shape index (κ2) is 7.29. The topological polar surface area (TPSA) is 50.4 Å². The third-order valence-electron chi connectivity index (χ3n) is 2.66. The summed E-state index contributed by atoms with van der Waals surface area (Å²) >= 11 is 5.85. The van der Waals surface area contributed by atoms with Crippen LogP contribution in [-0.2, 0) is 10.9 Å². The van der Waals surface area contributed by atoms with Gasteiger partial charge in [-0.25, -0.2) is 4.79 Å². The van der Waals surface area contributed by atoms with E-state index in [0.717, 1.165) is 6.07 Å². The molecule has 0 aromatic heterocycles. The number of hydrogen-bond donors (Lipinski definition) is 2. The van der Waals surface area contributed by atoms with Gasteiger partial charge < -0.3 is 15.4 Å². The van der Waals surface area contributed by atoms with Crippen molar-refractivity contribution >= 4 is 23.4 Å². The van der Waals surface area contributed by atoms with Gasteiger partial charge in [-0.1, -0.05) is 17.7 Å². The van der Waals surface area contributed by atoms with E-state index < -0.39 is 29.5 Å². The molecule has 130 valence electrons. The van der Waals surface area contributed by atoms with Crippen LogP contribution in [0.3, 0.4) is 0 Å². The fourth-order valence-corrected chi connectivity index (χ4v) is 1.98. The number of amides is 1. The predicted molar refractivity (Wildman–Crippen MR) is 83.8 cm³/mol. The first-order valence-electron chi connectivity index (χ1n) is 6.99. The normalized spacial score (nSPS) is 13.4. The van der Waals surface area contributed by atoms with E-state index in [1.165, 1.54) is 12.1 Å². The molecular weight excluding hydrogens is 333 g/mol. The second-order valence-electron chi connectivity index (χ2n) is 6.09. The molecule has 0 radical (unpaired) electrons. The Balaban J connectivity index is 2.72. The number of alkyl carbamates (subject to hydrolysis) is 1. The summed E-state index contributed by atoms with van der Waals surface area (Å²) in [4.78, 5) is 11.5. The summed E-state index contributed by atoms with van der Waals surface area (Å²) in [6.45, 7) is 6.85. The van der Waals surface area contributed by atoms with Crippen LogP contribution in [0.2, 0.25) is 5.02 Å². The van der Waals surface area contributed by atoms with Crippen LogP contribution in [0.4, 0.5) is 23.7 Å². The summed E-state index contributed by atoms with van der Waals surface area (Å²) in [5.74, 6) is 0. The molecule has 0 heterocycles. The van der Waals surface area contributed by atoms with Crippen molar-refractivity contribution in [1.29, 1.82) is 0 Å². The number of alkyl halides is 3. The van der Waals surface area contributed by atoms with Crippen LogP contribution in [0.25, 0.3) is 0 Å². The lowest BCUT2D eigenvalue weighted by molar-refractivity contribution is -0.137. The van der Waals surface area contributed by atoms with Gasteiger partial charge >= 0.3 is 12.3 Å². The van der Waals surface area contributed by atoms with E-state index in [4.69, 9.17) is 16.3 Å². The molecule has 1 aromatic rings. The lowest BCUT2D eigenvalue weighted by Crippen LogP contribution is -2.38. The smallest absolute Gasteiger partial charge is 0.418 e. The van der Waals surface area contributed by atoms with Gasteiger partial charge in [0.2, 0.25) is 0 Å². The first-order chi connectivity index (χ1) is 10.4. The summed E-state index contributed by atoms with van der Waals surface area (Å²) in [6, 6.07) is 3.07. The number of carbonyl (C=O) groups is 1. The van der Waals surface area contributed by atoms with E-state index in [0.29, 0.717) is 0 Å². The maximum atomic E-state index is 13.0. The Morgan fingerprint density at radius 1 is 1.30 bits per heavy atom. The van der Waals surface area contributed by atoms with Gasteiger partial charge in [0.15, 0.2) is 0 Å². The van der Waals surface area contributed by atoms with Crippen LogP contribution in [0, 0.1) is 0 Å². The van der Waals surface area contributed by atoms with Gasteiger partial charge in [-0.2, -0.15) is 13.2 Å². The molecule has 4 nitrogen and oxygen atoms in total. The molecule has 0 aliphatic heterocycles. The number of rotatable bonds is 4. The van der Waals surface area contributed by atoms with Crippen LogP contribution < -0.4 is 10.6 Å². The van der Waals surface area contributed by atoms with Crippen molar-refractivity contribution in [3.8, 4) is 0 Å². The summed E-state index contributed by atoms with van der Waals surface area (Å²) in [5, 5.41) is 5.13. The van der Waals surface area contributed by atoms with Gasteiger partial charge in [-0.3, -0.25) is 0 Å². The zero-order chi connectivity index (χ0) is 17.8. The van der Waals surface area contributed by atoms with Crippen LogP contribution in [-0.4, -0.2) is 24.3 Å². The Kier molecular flexibility index (Phi) is 6.16. The molecule has 8 heteroatoms. The Morgan fingerprint density at radius 2 is 1.91 bits per heavy atom. The molecule has 0 aliphatic rings. The number of para-hydroxylation sites is 1. The lowest BCUT2D eigenvalue weighted by Gasteiger charge is -2.23. The van der Waals surface area contributed by atoms with E-state index >= 15 is 0 Å². The van der Waals surface area contributed by atoms with Crippen molar-refractivity contribution in [3.05, 3.63) is 28.8 Å². The third kappa shape index (κ3) is 6.56. The van der Waals surface area contributed by atoms with Crippen molar-refractivity contribution < 1.29 is 22.7 Å². The minimum absolute atomic E-state index is 0.0380. The molecule has 0 spiro atoms. The highest BCUT2D eigenvalue weighted by Crippen LogP contribution is 2.38. The zero-order valence-corrected chi connectivity index (χ0v) is 14.1. The standard InChI is InChI=1S/C15H20ClF3N2O2/c1-9(8-20-13(22)23-14(2,3)4)21-12-10(15(17,18)19)6-5-7-11(12)16/h5-7,9,21H,8H2,1-4H3,(H,20,22). The van der Waals surface area contributed by atoms with Crippen molar-refractivity contribution in [2.75, 3.05) is 11.9 Å². The molecule has 1 aromatic carbocycles. The fourth-order valence-electron chi connectivity index (χ4n) is 1.76. The van der Waals surface area contributed by atoms with Gasteiger partial charge in [0, 0.05) is 12.6 Å².